The summed E-state index contributed by atoms with van der Waals surface area (Å²) >= 11 is 0. The number of hydrogen-bond donors (Lipinski definition) is 1. The number of fused-ring (bicyclic) bond motifs is 3. The molecule has 0 spiro atoms. The van der Waals surface area contributed by atoms with Crippen molar-refractivity contribution >= 4 is 22.6 Å². The minimum atomic E-state index is -0.400. The van der Waals surface area contributed by atoms with Crippen LogP contribution in [0.3, 0.4) is 0 Å². The van der Waals surface area contributed by atoms with Gasteiger partial charge in [0.2, 0.25) is 5.88 Å². The third kappa shape index (κ3) is 3.47. The maximum Gasteiger partial charge on any atom is 0.274 e. The monoisotopic (exact) mass is 475 g/mol. The molecular formula is C26H29N5O4. The van der Waals surface area contributed by atoms with E-state index in [2.05, 4.69) is 17.2 Å². The Morgan fingerprint density at radius 3 is 2.77 bits per heavy atom. The van der Waals surface area contributed by atoms with Gasteiger partial charge in [-0.2, -0.15) is 10.1 Å². The van der Waals surface area contributed by atoms with E-state index in [-0.39, 0.29) is 40.4 Å². The number of carbonyl (C=O) groups is 1. The molecule has 0 aromatic carbocycles. The lowest BCUT2D eigenvalue weighted by Gasteiger charge is -2.26. The topological polar surface area (TPSA) is 100 Å². The molecule has 3 aliphatic carbocycles. The van der Waals surface area contributed by atoms with E-state index in [0.717, 1.165) is 56.8 Å². The quantitative estimate of drug-likeness (QED) is 0.582. The van der Waals surface area contributed by atoms with Crippen LogP contribution in [-0.2, 0) is 10.3 Å². The van der Waals surface area contributed by atoms with Crippen molar-refractivity contribution in [2.45, 2.75) is 81.6 Å². The predicted octanol–water partition coefficient (Wildman–Crippen LogP) is 3.78. The second-order valence-corrected chi connectivity index (χ2v) is 11.0. The van der Waals surface area contributed by atoms with Crippen molar-refractivity contribution in [3.05, 3.63) is 46.5 Å². The van der Waals surface area contributed by atoms with Gasteiger partial charge in [0.15, 0.2) is 5.65 Å². The van der Waals surface area contributed by atoms with Crippen LogP contribution < -0.4 is 15.6 Å². The van der Waals surface area contributed by atoms with Crippen LogP contribution in [0, 0.1) is 0 Å². The number of hydrogen-bond acceptors (Lipinski definition) is 6. The highest BCUT2D eigenvalue weighted by atomic mass is 16.5. The van der Waals surface area contributed by atoms with Gasteiger partial charge >= 0.3 is 0 Å². The molecule has 1 N–H and O–H groups in total. The summed E-state index contributed by atoms with van der Waals surface area (Å²) in [5.74, 6) is -0.122. The van der Waals surface area contributed by atoms with Gasteiger partial charge in [-0.1, -0.05) is 0 Å². The molecule has 35 heavy (non-hydrogen) atoms. The molecule has 2 unspecified atom stereocenters. The minimum Gasteiger partial charge on any atom is -0.474 e. The summed E-state index contributed by atoms with van der Waals surface area (Å²) in [6, 6.07) is 5.46. The van der Waals surface area contributed by atoms with Crippen molar-refractivity contribution in [2.75, 3.05) is 11.9 Å². The zero-order valence-electron chi connectivity index (χ0n) is 19.8. The standard InChI is InChI=1S/C26H29N5O4/c1-25-9-10-26(14-25,15-34-25)31-13-16-12-19(23(28-21(16)29-31)35-18-4-2-5-18)22(32)27-20-6-3-11-30(24(20)33)17-7-8-17/h3,6,11-13,17-18H,2,4-5,7-10,14-15H2,1H3,(H,27,32). The fourth-order valence-electron chi connectivity index (χ4n) is 5.70. The molecule has 2 bridgehead atoms. The fraction of sp³-hybridized carbons (Fsp3) is 0.538. The van der Waals surface area contributed by atoms with Crippen LogP contribution in [0.5, 0.6) is 5.88 Å². The lowest BCUT2D eigenvalue weighted by Crippen LogP contribution is -2.33. The summed E-state index contributed by atoms with van der Waals surface area (Å²) < 4.78 is 15.9. The average molecular weight is 476 g/mol. The molecule has 7 rings (SSSR count). The van der Waals surface area contributed by atoms with Gasteiger partial charge < -0.3 is 19.4 Å². The van der Waals surface area contributed by atoms with E-state index in [1.807, 2.05) is 10.9 Å². The summed E-state index contributed by atoms with van der Waals surface area (Å²) in [4.78, 5) is 31.0. The van der Waals surface area contributed by atoms with Crippen molar-refractivity contribution in [3.8, 4) is 5.88 Å². The van der Waals surface area contributed by atoms with Crippen LogP contribution >= 0.6 is 0 Å². The largest absolute Gasteiger partial charge is 0.474 e. The molecule has 4 fully saturated rings. The highest BCUT2D eigenvalue weighted by Crippen LogP contribution is 2.51. The average Bonchev–Trinajstić information content (AvgIpc) is 3.34. The molecule has 0 radical (unpaired) electrons. The van der Waals surface area contributed by atoms with E-state index in [4.69, 9.17) is 14.6 Å². The zero-order chi connectivity index (χ0) is 23.8. The van der Waals surface area contributed by atoms with Crippen molar-refractivity contribution in [1.82, 2.24) is 19.3 Å². The van der Waals surface area contributed by atoms with Gasteiger partial charge in [-0.25, -0.2) is 0 Å². The fourth-order valence-corrected chi connectivity index (χ4v) is 5.70. The number of pyridine rings is 2. The molecular weight excluding hydrogens is 446 g/mol. The number of nitrogens with zero attached hydrogens (tertiary/aromatic N) is 4. The molecule has 3 aromatic rings. The second-order valence-electron chi connectivity index (χ2n) is 11.0. The first-order valence-corrected chi connectivity index (χ1v) is 12.7. The number of rotatable bonds is 6. The number of aromatic nitrogens is 4. The highest BCUT2D eigenvalue weighted by molar-refractivity contribution is 6.07. The Hall–Kier alpha value is -3.20. The molecule has 4 aliphatic rings. The molecule has 9 nitrogen and oxygen atoms in total. The van der Waals surface area contributed by atoms with Crippen molar-refractivity contribution in [1.29, 1.82) is 0 Å². The lowest BCUT2D eigenvalue weighted by molar-refractivity contribution is -0.0149. The summed E-state index contributed by atoms with van der Waals surface area (Å²) in [6.45, 7) is 2.80. The molecule has 3 aromatic heterocycles. The van der Waals surface area contributed by atoms with E-state index in [9.17, 15) is 9.59 Å². The molecule has 2 atom stereocenters. The Balaban J connectivity index is 1.25. The maximum atomic E-state index is 13.4. The molecule has 1 amide bonds. The van der Waals surface area contributed by atoms with Gasteiger partial charge in [0, 0.05) is 30.2 Å². The molecule has 4 heterocycles. The van der Waals surface area contributed by atoms with Crippen LogP contribution in [-0.4, -0.2) is 43.6 Å². The van der Waals surface area contributed by atoms with Gasteiger partial charge in [-0.05, 0) is 70.1 Å². The molecule has 1 saturated heterocycles. The van der Waals surface area contributed by atoms with E-state index in [1.54, 1.807) is 29.0 Å². The molecule has 1 aliphatic heterocycles. The summed E-state index contributed by atoms with van der Waals surface area (Å²) in [5.41, 5.74) is 0.713. The Morgan fingerprint density at radius 1 is 1.26 bits per heavy atom. The van der Waals surface area contributed by atoms with Crippen LogP contribution in [0.15, 0.2) is 35.4 Å². The number of carbonyl (C=O) groups excluding carboxylic acids is 1. The summed E-state index contributed by atoms with van der Waals surface area (Å²) in [7, 11) is 0. The van der Waals surface area contributed by atoms with Crippen LogP contribution in [0.2, 0.25) is 0 Å². The molecule has 182 valence electrons. The van der Waals surface area contributed by atoms with Gasteiger partial charge in [0.05, 0.1) is 17.7 Å². The van der Waals surface area contributed by atoms with E-state index >= 15 is 0 Å². The van der Waals surface area contributed by atoms with Gasteiger partial charge in [0.1, 0.15) is 17.4 Å². The van der Waals surface area contributed by atoms with E-state index < -0.39 is 5.91 Å². The Kier molecular flexibility index (Phi) is 4.46. The minimum absolute atomic E-state index is 0.0507. The van der Waals surface area contributed by atoms with Crippen LogP contribution in [0.4, 0.5) is 5.69 Å². The predicted molar refractivity (Wildman–Crippen MR) is 129 cm³/mol. The van der Waals surface area contributed by atoms with Crippen molar-refractivity contribution in [3.63, 3.8) is 0 Å². The van der Waals surface area contributed by atoms with Gasteiger partial charge in [0.25, 0.3) is 11.5 Å². The summed E-state index contributed by atoms with van der Waals surface area (Å²) in [5, 5.41) is 8.39. The number of ether oxygens (including phenoxy) is 2. The highest BCUT2D eigenvalue weighted by Gasteiger charge is 2.55. The lowest BCUT2D eigenvalue weighted by atomic mass is 9.96. The normalized spacial score (nSPS) is 27.8. The van der Waals surface area contributed by atoms with Crippen molar-refractivity contribution in [2.24, 2.45) is 0 Å². The first kappa shape index (κ1) is 21.1. The first-order chi connectivity index (χ1) is 16.9. The van der Waals surface area contributed by atoms with E-state index in [0.29, 0.717) is 17.8 Å². The van der Waals surface area contributed by atoms with E-state index in [1.165, 1.54) is 0 Å². The number of nitrogens with one attached hydrogen (secondary N) is 1. The third-order valence-electron chi connectivity index (χ3n) is 8.20. The Morgan fingerprint density at radius 2 is 2.11 bits per heavy atom. The number of amides is 1. The Labute approximate surface area is 202 Å². The maximum absolute atomic E-state index is 13.4. The smallest absolute Gasteiger partial charge is 0.274 e. The number of anilines is 1. The van der Waals surface area contributed by atoms with Gasteiger partial charge in [-0.3, -0.25) is 14.3 Å². The molecule has 9 heteroatoms. The van der Waals surface area contributed by atoms with Gasteiger partial charge in [-0.15, -0.1) is 0 Å². The zero-order valence-corrected chi connectivity index (χ0v) is 19.8. The summed E-state index contributed by atoms with van der Waals surface area (Å²) in [6.07, 6.45) is 11.7. The second kappa shape index (κ2) is 7.40. The SMILES string of the molecule is CC12CCC(n3cc4cc(C(=O)Nc5cccn(C6CC6)c5=O)c(OC5CCC5)nc4n3)(CO1)C2. The van der Waals surface area contributed by atoms with Crippen molar-refractivity contribution < 1.29 is 14.3 Å². The Bertz CT molecular complexity index is 1390. The molecule has 3 saturated carbocycles. The third-order valence-corrected chi connectivity index (χ3v) is 8.20. The van der Waals surface area contributed by atoms with Crippen LogP contribution in [0.1, 0.15) is 74.7 Å². The van der Waals surface area contributed by atoms with Crippen LogP contribution in [0.25, 0.3) is 11.0 Å². The first-order valence-electron chi connectivity index (χ1n) is 12.7.